The van der Waals surface area contributed by atoms with Crippen molar-refractivity contribution < 1.29 is 9.53 Å². The van der Waals surface area contributed by atoms with Crippen LogP contribution < -0.4 is 15.4 Å². The third kappa shape index (κ3) is 4.32. The lowest BCUT2D eigenvalue weighted by molar-refractivity contribution is 0.0954. The second-order valence-electron chi connectivity index (χ2n) is 5.50. The van der Waals surface area contributed by atoms with Gasteiger partial charge in [-0.2, -0.15) is 5.10 Å². The van der Waals surface area contributed by atoms with Crippen molar-refractivity contribution in [3.05, 3.63) is 46.6 Å². The number of nitrogens with one attached hydrogen (secondary N) is 2. The average Bonchev–Trinajstić information content (AvgIpc) is 2.80. The molecule has 0 saturated carbocycles. The first-order chi connectivity index (χ1) is 11.0. The number of carbonyl (C=O) groups excluding carboxylic acids is 1. The van der Waals surface area contributed by atoms with Crippen molar-refractivity contribution in [3.8, 4) is 5.88 Å². The molecule has 6 heteroatoms. The molecule has 124 valence electrons. The lowest BCUT2D eigenvalue weighted by Crippen LogP contribution is -2.31. The van der Waals surface area contributed by atoms with Gasteiger partial charge >= 0.3 is 0 Å². The first-order valence-electron chi connectivity index (χ1n) is 7.65. The van der Waals surface area contributed by atoms with E-state index in [1.807, 2.05) is 45.2 Å². The largest absolute Gasteiger partial charge is 0.481 e. The Labute approximate surface area is 136 Å². The molecule has 2 rings (SSSR count). The van der Waals surface area contributed by atoms with Gasteiger partial charge in [-0.05, 0) is 26.0 Å². The maximum absolute atomic E-state index is 12.0. The number of hydrogen-bond acceptors (Lipinski definition) is 4. The molecule has 23 heavy (non-hydrogen) atoms. The van der Waals surface area contributed by atoms with Crippen molar-refractivity contribution in [2.24, 2.45) is 7.05 Å². The van der Waals surface area contributed by atoms with E-state index in [-0.39, 0.29) is 5.91 Å². The molecule has 1 aromatic carbocycles. The van der Waals surface area contributed by atoms with Crippen LogP contribution in [0.3, 0.4) is 0 Å². The minimum absolute atomic E-state index is 0.0503. The zero-order valence-electron chi connectivity index (χ0n) is 14.1. The van der Waals surface area contributed by atoms with Gasteiger partial charge in [-0.25, -0.2) is 4.68 Å². The molecule has 1 amide bonds. The standard InChI is InChI=1S/C17H24N4O2/c1-12-6-5-7-14(10-12)16(22)19-9-8-18-11-15-13(2)20-21(3)17(15)23-4/h5-7,10,18H,8-9,11H2,1-4H3,(H,19,22). The summed E-state index contributed by atoms with van der Waals surface area (Å²) in [6, 6.07) is 7.56. The van der Waals surface area contributed by atoms with E-state index >= 15 is 0 Å². The Morgan fingerprint density at radius 2 is 2.09 bits per heavy atom. The number of amides is 1. The zero-order chi connectivity index (χ0) is 16.8. The fourth-order valence-electron chi connectivity index (χ4n) is 2.51. The zero-order valence-corrected chi connectivity index (χ0v) is 14.1. The van der Waals surface area contributed by atoms with Crippen molar-refractivity contribution in [1.29, 1.82) is 0 Å². The van der Waals surface area contributed by atoms with Crippen LogP contribution in [0, 0.1) is 13.8 Å². The number of aryl methyl sites for hydroxylation is 3. The van der Waals surface area contributed by atoms with Crippen molar-refractivity contribution in [2.45, 2.75) is 20.4 Å². The molecule has 0 unspecified atom stereocenters. The van der Waals surface area contributed by atoms with E-state index in [2.05, 4.69) is 15.7 Å². The molecule has 1 heterocycles. The van der Waals surface area contributed by atoms with Crippen LogP contribution in [-0.4, -0.2) is 35.9 Å². The molecule has 0 atom stereocenters. The topological polar surface area (TPSA) is 68.2 Å². The summed E-state index contributed by atoms with van der Waals surface area (Å²) in [6.45, 7) is 5.83. The van der Waals surface area contributed by atoms with Crippen LogP contribution in [0.15, 0.2) is 24.3 Å². The summed E-state index contributed by atoms with van der Waals surface area (Å²) in [5.41, 5.74) is 3.75. The first-order valence-corrected chi connectivity index (χ1v) is 7.65. The van der Waals surface area contributed by atoms with Gasteiger partial charge in [0.25, 0.3) is 5.91 Å². The van der Waals surface area contributed by atoms with E-state index in [1.54, 1.807) is 11.8 Å². The summed E-state index contributed by atoms with van der Waals surface area (Å²) in [7, 11) is 3.50. The van der Waals surface area contributed by atoms with Crippen molar-refractivity contribution in [2.75, 3.05) is 20.2 Å². The van der Waals surface area contributed by atoms with Crippen LogP contribution >= 0.6 is 0 Å². The number of nitrogens with zero attached hydrogens (tertiary/aromatic N) is 2. The summed E-state index contributed by atoms with van der Waals surface area (Å²) >= 11 is 0. The van der Waals surface area contributed by atoms with E-state index in [4.69, 9.17) is 4.74 Å². The predicted molar refractivity (Wildman–Crippen MR) is 89.7 cm³/mol. The third-order valence-electron chi connectivity index (χ3n) is 3.65. The number of rotatable bonds is 7. The maximum Gasteiger partial charge on any atom is 0.251 e. The molecule has 2 aromatic rings. The average molecular weight is 316 g/mol. The number of hydrogen-bond donors (Lipinski definition) is 2. The van der Waals surface area contributed by atoms with Crippen molar-refractivity contribution in [1.82, 2.24) is 20.4 Å². The lowest BCUT2D eigenvalue weighted by atomic mass is 10.1. The highest BCUT2D eigenvalue weighted by Crippen LogP contribution is 2.20. The van der Waals surface area contributed by atoms with Gasteiger partial charge in [-0.1, -0.05) is 17.7 Å². The van der Waals surface area contributed by atoms with E-state index in [0.29, 0.717) is 25.2 Å². The van der Waals surface area contributed by atoms with Gasteiger partial charge in [0.05, 0.1) is 18.4 Å². The molecule has 0 aliphatic carbocycles. The highest BCUT2D eigenvalue weighted by molar-refractivity contribution is 5.94. The highest BCUT2D eigenvalue weighted by Gasteiger charge is 2.13. The summed E-state index contributed by atoms with van der Waals surface area (Å²) in [5.74, 6) is 0.712. The number of ether oxygens (including phenoxy) is 1. The van der Waals surface area contributed by atoms with Gasteiger partial charge in [-0.3, -0.25) is 4.79 Å². The van der Waals surface area contributed by atoms with Crippen molar-refractivity contribution >= 4 is 5.91 Å². The molecule has 0 bridgehead atoms. The van der Waals surface area contributed by atoms with Crippen LogP contribution in [-0.2, 0) is 13.6 Å². The Hall–Kier alpha value is -2.34. The molecule has 2 N–H and O–H groups in total. The quantitative estimate of drug-likeness (QED) is 0.761. The van der Waals surface area contributed by atoms with Gasteiger partial charge < -0.3 is 15.4 Å². The normalized spacial score (nSPS) is 10.6. The fourth-order valence-corrected chi connectivity index (χ4v) is 2.51. The first kappa shape index (κ1) is 17.0. The van der Waals surface area contributed by atoms with Crippen LogP contribution in [0.1, 0.15) is 27.2 Å². The van der Waals surface area contributed by atoms with Gasteiger partial charge in [0.15, 0.2) is 0 Å². The van der Waals surface area contributed by atoms with E-state index < -0.39 is 0 Å². The summed E-state index contributed by atoms with van der Waals surface area (Å²) in [4.78, 5) is 12.0. The molecule has 0 aliphatic rings. The molecule has 0 fully saturated rings. The second kappa shape index (κ2) is 7.78. The Kier molecular flexibility index (Phi) is 5.76. The van der Waals surface area contributed by atoms with Gasteiger partial charge in [0, 0.05) is 32.2 Å². The number of methoxy groups -OCH3 is 1. The van der Waals surface area contributed by atoms with Crippen LogP contribution in [0.4, 0.5) is 0 Å². The number of carbonyl (C=O) groups is 1. The Bertz CT molecular complexity index is 679. The molecule has 1 aromatic heterocycles. The maximum atomic E-state index is 12.0. The van der Waals surface area contributed by atoms with Gasteiger partial charge in [0.1, 0.15) is 0 Å². The monoisotopic (exact) mass is 316 g/mol. The summed E-state index contributed by atoms with van der Waals surface area (Å²) < 4.78 is 7.08. The Morgan fingerprint density at radius 3 is 2.78 bits per heavy atom. The third-order valence-corrected chi connectivity index (χ3v) is 3.65. The SMILES string of the molecule is COc1c(CNCCNC(=O)c2cccc(C)c2)c(C)nn1C. The van der Waals surface area contributed by atoms with Gasteiger partial charge in [0.2, 0.25) is 5.88 Å². The minimum atomic E-state index is -0.0503. The Morgan fingerprint density at radius 1 is 1.30 bits per heavy atom. The second-order valence-corrected chi connectivity index (χ2v) is 5.50. The van der Waals surface area contributed by atoms with Crippen LogP contribution in [0.5, 0.6) is 5.88 Å². The van der Waals surface area contributed by atoms with E-state index in [9.17, 15) is 4.79 Å². The van der Waals surface area contributed by atoms with Gasteiger partial charge in [-0.15, -0.1) is 0 Å². The molecule has 0 spiro atoms. The smallest absolute Gasteiger partial charge is 0.251 e. The number of benzene rings is 1. The number of aromatic nitrogens is 2. The highest BCUT2D eigenvalue weighted by atomic mass is 16.5. The van der Waals surface area contributed by atoms with Crippen LogP contribution in [0.2, 0.25) is 0 Å². The predicted octanol–water partition coefficient (Wildman–Crippen LogP) is 1.57. The summed E-state index contributed by atoms with van der Waals surface area (Å²) in [6.07, 6.45) is 0. The fraction of sp³-hybridized carbons (Fsp3) is 0.412. The molecular formula is C17H24N4O2. The minimum Gasteiger partial charge on any atom is -0.481 e. The van der Waals surface area contributed by atoms with E-state index in [1.165, 1.54) is 0 Å². The molecule has 6 nitrogen and oxygen atoms in total. The Balaban J connectivity index is 1.77. The molecular weight excluding hydrogens is 292 g/mol. The lowest BCUT2D eigenvalue weighted by Gasteiger charge is -2.08. The molecule has 0 saturated heterocycles. The summed E-state index contributed by atoms with van der Waals surface area (Å²) in [5, 5.41) is 10.5. The van der Waals surface area contributed by atoms with Crippen molar-refractivity contribution in [3.63, 3.8) is 0 Å². The van der Waals surface area contributed by atoms with Crippen LogP contribution in [0.25, 0.3) is 0 Å². The van der Waals surface area contributed by atoms with E-state index in [0.717, 1.165) is 22.7 Å². The molecule has 0 radical (unpaired) electrons. The molecule has 0 aliphatic heterocycles.